The molecule has 5 nitrogen and oxygen atoms in total. The van der Waals surface area contributed by atoms with Gasteiger partial charge in [0.05, 0.1) is 18.9 Å². The summed E-state index contributed by atoms with van der Waals surface area (Å²) in [5.74, 6) is 0.267. The van der Waals surface area contributed by atoms with Crippen molar-refractivity contribution < 1.29 is 4.39 Å². The molecule has 2 aromatic rings. The topological polar surface area (TPSA) is 45.2 Å². The summed E-state index contributed by atoms with van der Waals surface area (Å²) in [6, 6.07) is 0.655. The minimum Gasteiger partial charge on any atom is -0.341 e. The molecule has 2 aromatic heterocycles. The van der Waals surface area contributed by atoms with Crippen LogP contribution in [0.5, 0.6) is 0 Å². The Morgan fingerprint density at radius 3 is 2.70 bits per heavy atom. The number of thiazole rings is 1. The maximum atomic E-state index is 12.9. The molecule has 3 heterocycles. The van der Waals surface area contributed by atoms with E-state index in [0.717, 1.165) is 32.5 Å². The van der Waals surface area contributed by atoms with Gasteiger partial charge >= 0.3 is 0 Å². The molecule has 0 amide bonds. The lowest BCUT2D eigenvalue weighted by molar-refractivity contribution is 0.238. The molecule has 122 valence electrons. The first-order valence-electron chi connectivity index (χ1n) is 7.97. The van der Waals surface area contributed by atoms with Crippen molar-refractivity contribution in [1.29, 1.82) is 0 Å². The first-order valence-corrected chi connectivity index (χ1v) is 8.85. The lowest BCUT2D eigenvalue weighted by Gasteiger charge is -2.34. The Balaban J connectivity index is 1.34. The van der Waals surface area contributed by atoms with Gasteiger partial charge < -0.3 is 4.90 Å². The fraction of sp³-hybridized carbons (Fsp3) is 0.562. The van der Waals surface area contributed by atoms with Gasteiger partial charge in [0.25, 0.3) is 0 Å². The Labute approximate surface area is 139 Å². The Hall–Kier alpha value is -1.60. The number of rotatable bonds is 4. The molecule has 1 aliphatic carbocycles. The summed E-state index contributed by atoms with van der Waals surface area (Å²) in [5, 5.41) is 3.22. The van der Waals surface area contributed by atoms with E-state index >= 15 is 0 Å². The second kappa shape index (κ2) is 5.79. The van der Waals surface area contributed by atoms with Crippen LogP contribution >= 0.6 is 11.3 Å². The number of nitrogens with zero attached hydrogens (tertiary/aromatic N) is 5. The quantitative estimate of drug-likeness (QED) is 0.860. The van der Waals surface area contributed by atoms with Crippen molar-refractivity contribution in [3.8, 4) is 0 Å². The average Bonchev–Trinajstić information content (AvgIpc) is 3.01. The van der Waals surface area contributed by atoms with Crippen LogP contribution in [0.1, 0.15) is 24.3 Å². The van der Waals surface area contributed by atoms with Crippen LogP contribution in [0.3, 0.4) is 0 Å². The van der Waals surface area contributed by atoms with Gasteiger partial charge in [-0.05, 0) is 31.7 Å². The molecule has 1 saturated heterocycles. The van der Waals surface area contributed by atoms with Crippen molar-refractivity contribution in [3.63, 3.8) is 0 Å². The number of anilines is 1. The average molecular weight is 333 g/mol. The van der Waals surface area contributed by atoms with Crippen molar-refractivity contribution in [2.75, 3.05) is 25.0 Å². The Kier molecular flexibility index (Phi) is 3.77. The molecule has 2 fully saturated rings. The van der Waals surface area contributed by atoms with E-state index in [2.05, 4.69) is 31.8 Å². The normalized spacial score (nSPS) is 22.7. The van der Waals surface area contributed by atoms with Crippen LogP contribution in [0, 0.1) is 11.2 Å². The molecule has 0 radical (unpaired) electrons. The van der Waals surface area contributed by atoms with Gasteiger partial charge in [-0.2, -0.15) is 0 Å². The molecule has 1 aliphatic heterocycles. The third kappa shape index (κ3) is 2.95. The fourth-order valence-corrected chi connectivity index (χ4v) is 4.44. The van der Waals surface area contributed by atoms with E-state index in [-0.39, 0.29) is 5.82 Å². The van der Waals surface area contributed by atoms with Gasteiger partial charge in [0, 0.05) is 30.7 Å². The minimum absolute atomic E-state index is 0.381. The molecule has 0 N–H and O–H groups in total. The summed E-state index contributed by atoms with van der Waals surface area (Å²) in [6.07, 6.45) is 7.94. The van der Waals surface area contributed by atoms with Crippen LogP contribution in [-0.2, 0) is 6.54 Å². The van der Waals surface area contributed by atoms with E-state index in [1.54, 1.807) is 11.3 Å². The summed E-state index contributed by atoms with van der Waals surface area (Å²) in [5.41, 5.74) is 0.447. The molecule has 1 saturated carbocycles. The molecule has 2 aliphatic rings. The van der Waals surface area contributed by atoms with E-state index in [9.17, 15) is 4.39 Å². The predicted molar refractivity (Wildman–Crippen MR) is 87.9 cm³/mol. The molecule has 4 rings (SSSR count). The van der Waals surface area contributed by atoms with Gasteiger partial charge in [-0.3, -0.25) is 4.90 Å². The van der Waals surface area contributed by atoms with Crippen LogP contribution in [0.2, 0.25) is 0 Å². The highest BCUT2D eigenvalue weighted by Crippen LogP contribution is 2.56. The third-order valence-corrected chi connectivity index (χ3v) is 5.96. The molecular formula is C16H20FN5S. The van der Waals surface area contributed by atoms with Crippen LogP contribution in [-0.4, -0.2) is 46.0 Å². The van der Waals surface area contributed by atoms with E-state index in [4.69, 9.17) is 0 Å². The number of piperidine rings is 1. The summed E-state index contributed by atoms with van der Waals surface area (Å²) < 4.78 is 12.9. The molecule has 0 unspecified atom stereocenters. The van der Waals surface area contributed by atoms with Gasteiger partial charge in [-0.25, -0.2) is 19.3 Å². The van der Waals surface area contributed by atoms with Crippen molar-refractivity contribution in [1.82, 2.24) is 19.9 Å². The number of hydrogen-bond acceptors (Lipinski definition) is 6. The number of aromatic nitrogens is 3. The lowest BCUT2D eigenvalue weighted by Crippen LogP contribution is -2.38. The van der Waals surface area contributed by atoms with Gasteiger partial charge in [-0.1, -0.05) is 0 Å². The fourth-order valence-electron chi connectivity index (χ4n) is 3.76. The van der Waals surface area contributed by atoms with Crippen LogP contribution in [0.15, 0.2) is 24.0 Å². The van der Waals surface area contributed by atoms with Crippen molar-refractivity contribution in [3.05, 3.63) is 34.8 Å². The van der Waals surface area contributed by atoms with Gasteiger partial charge in [0.2, 0.25) is 5.95 Å². The summed E-state index contributed by atoms with van der Waals surface area (Å²) >= 11 is 1.72. The van der Waals surface area contributed by atoms with Crippen molar-refractivity contribution >= 4 is 17.3 Å². The number of hydrogen-bond donors (Lipinski definition) is 0. The molecule has 0 aromatic carbocycles. The first kappa shape index (κ1) is 15.0. The summed E-state index contributed by atoms with van der Waals surface area (Å²) in [4.78, 5) is 17.2. The Morgan fingerprint density at radius 2 is 2.04 bits per heavy atom. The highest BCUT2D eigenvalue weighted by molar-refractivity contribution is 7.09. The Morgan fingerprint density at radius 1 is 1.30 bits per heavy atom. The third-order valence-electron chi connectivity index (χ3n) is 5.20. The Bertz CT molecular complexity index is 652. The maximum absolute atomic E-state index is 12.9. The molecule has 23 heavy (non-hydrogen) atoms. The maximum Gasteiger partial charge on any atom is 0.225 e. The van der Waals surface area contributed by atoms with Crippen LogP contribution in [0.4, 0.5) is 10.3 Å². The second-order valence-electron chi connectivity index (χ2n) is 6.61. The van der Waals surface area contributed by atoms with E-state index in [0.29, 0.717) is 17.4 Å². The highest BCUT2D eigenvalue weighted by atomic mass is 32.1. The number of halogens is 1. The second-order valence-corrected chi connectivity index (χ2v) is 7.59. The van der Waals surface area contributed by atoms with Gasteiger partial charge in [-0.15, -0.1) is 11.3 Å². The monoisotopic (exact) mass is 333 g/mol. The largest absolute Gasteiger partial charge is 0.341 e. The molecule has 1 atom stereocenters. The van der Waals surface area contributed by atoms with Gasteiger partial charge in [0.15, 0.2) is 5.82 Å². The zero-order valence-corrected chi connectivity index (χ0v) is 14.0. The highest BCUT2D eigenvalue weighted by Gasteiger charge is 2.56. The molecule has 0 bridgehead atoms. The van der Waals surface area contributed by atoms with Crippen molar-refractivity contribution in [2.24, 2.45) is 5.41 Å². The van der Waals surface area contributed by atoms with Crippen LogP contribution < -0.4 is 4.90 Å². The molecular weight excluding hydrogens is 313 g/mol. The first-order chi connectivity index (χ1) is 11.2. The van der Waals surface area contributed by atoms with Crippen molar-refractivity contribution in [2.45, 2.75) is 31.8 Å². The van der Waals surface area contributed by atoms with E-state index in [1.165, 1.54) is 23.8 Å². The summed E-state index contributed by atoms with van der Waals surface area (Å²) in [7, 11) is 2.20. The minimum atomic E-state index is -0.381. The lowest BCUT2D eigenvalue weighted by atomic mass is 9.92. The summed E-state index contributed by atoms with van der Waals surface area (Å²) in [6.45, 7) is 2.84. The van der Waals surface area contributed by atoms with Crippen LogP contribution in [0.25, 0.3) is 0 Å². The zero-order valence-electron chi connectivity index (χ0n) is 13.2. The molecule has 1 spiro atoms. The van der Waals surface area contributed by atoms with E-state index < -0.39 is 0 Å². The smallest absolute Gasteiger partial charge is 0.225 e. The predicted octanol–water partition coefficient (Wildman–Crippen LogP) is 2.56. The molecule has 7 heteroatoms. The van der Waals surface area contributed by atoms with Gasteiger partial charge in [0.1, 0.15) is 5.01 Å². The SMILES string of the molecule is CN(Cc1nccs1)[C@H]1CC12CCN(c1ncc(F)cn1)CC2. The zero-order chi connectivity index (χ0) is 15.9. The van der Waals surface area contributed by atoms with E-state index in [1.807, 2.05) is 11.6 Å². The standard InChI is InChI=1S/C16H20FN5S/c1-21(11-14-18-4-7-23-14)13-8-16(13)2-5-22(6-3-16)15-19-9-12(17)10-20-15/h4,7,9-10,13H,2-3,5-6,8,11H2,1H3/t13-/m0/s1.